The van der Waals surface area contributed by atoms with Crippen molar-refractivity contribution < 1.29 is 14.3 Å². The van der Waals surface area contributed by atoms with E-state index in [-0.39, 0.29) is 18.0 Å². The first-order chi connectivity index (χ1) is 13.5. The lowest BCUT2D eigenvalue weighted by molar-refractivity contribution is -0.116. The van der Waals surface area contributed by atoms with E-state index in [1.54, 1.807) is 11.0 Å². The number of carbonyl (C=O) groups excluding carboxylic acids is 2. The zero-order chi connectivity index (χ0) is 19.9. The van der Waals surface area contributed by atoms with Gasteiger partial charge in [-0.2, -0.15) is 0 Å². The van der Waals surface area contributed by atoms with Crippen LogP contribution in [0.4, 0.5) is 16.2 Å². The van der Waals surface area contributed by atoms with Crippen molar-refractivity contribution in [1.29, 1.82) is 0 Å². The number of halogens is 1. The molecule has 0 bridgehead atoms. The second kappa shape index (κ2) is 9.46. The van der Waals surface area contributed by atoms with Crippen LogP contribution < -0.4 is 10.6 Å². The third kappa shape index (κ3) is 5.39. The molecule has 0 aromatic heterocycles. The number of cyclic esters (lactones) is 1. The molecule has 2 amide bonds. The zero-order valence-corrected chi connectivity index (χ0v) is 16.5. The average molecular weight is 402 g/mol. The van der Waals surface area contributed by atoms with E-state index in [1.807, 2.05) is 30.3 Å². The number of rotatable bonds is 8. The molecule has 1 saturated heterocycles. The van der Waals surface area contributed by atoms with Gasteiger partial charge in [0, 0.05) is 24.7 Å². The fourth-order valence-electron chi connectivity index (χ4n) is 3.05. The van der Waals surface area contributed by atoms with Gasteiger partial charge in [-0.15, -0.1) is 0 Å². The summed E-state index contributed by atoms with van der Waals surface area (Å²) < 4.78 is 4.86. The van der Waals surface area contributed by atoms with Crippen LogP contribution >= 0.6 is 11.6 Å². The first-order valence-electron chi connectivity index (χ1n) is 9.35. The smallest absolute Gasteiger partial charge is 0.409 e. The molecule has 148 valence electrons. The minimum Gasteiger partial charge on any atom is -0.448 e. The van der Waals surface area contributed by atoms with Crippen molar-refractivity contribution in [1.82, 2.24) is 4.90 Å². The molecule has 1 unspecified atom stereocenters. The number of ether oxygens (including phenoxy) is 1. The van der Waals surface area contributed by atoms with Gasteiger partial charge >= 0.3 is 6.09 Å². The van der Waals surface area contributed by atoms with Gasteiger partial charge in [-0.1, -0.05) is 41.9 Å². The van der Waals surface area contributed by atoms with E-state index in [4.69, 9.17) is 16.3 Å². The summed E-state index contributed by atoms with van der Waals surface area (Å²) in [6.45, 7) is 3.60. The summed E-state index contributed by atoms with van der Waals surface area (Å²) in [4.78, 5) is 25.1. The molecule has 1 fully saturated rings. The van der Waals surface area contributed by atoms with Crippen molar-refractivity contribution in [3.05, 3.63) is 59.1 Å². The molecule has 2 aromatic rings. The lowest BCUT2D eigenvalue weighted by atomic mass is 10.1. The second-order valence-corrected chi connectivity index (χ2v) is 7.13. The van der Waals surface area contributed by atoms with Crippen LogP contribution in [0, 0.1) is 0 Å². The topological polar surface area (TPSA) is 70.7 Å². The van der Waals surface area contributed by atoms with Crippen molar-refractivity contribution >= 4 is 35.0 Å². The van der Waals surface area contributed by atoms with Crippen LogP contribution in [0.5, 0.6) is 0 Å². The van der Waals surface area contributed by atoms with Crippen LogP contribution in [0.2, 0.25) is 5.02 Å². The Balaban J connectivity index is 1.49. The molecule has 2 aromatic carbocycles. The predicted octanol–water partition coefficient (Wildman–Crippen LogP) is 4.68. The maximum Gasteiger partial charge on any atom is 0.409 e. The molecule has 1 aliphatic heterocycles. The fourth-order valence-corrected chi connectivity index (χ4v) is 3.29. The molecule has 0 spiro atoms. The number of anilines is 2. The monoisotopic (exact) mass is 401 g/mol. The van der Waals surface area contributed by atoms with Gasteiger partial charge in [0.15, 0.2) is 0 Å². The van der Waals surface area contributed by atoms with Gasteiger partial charge in [-0.3, -0.25) is 4.79 Å². The molecule has 1 heterocycles. The molecule has 1 atom stereocenters. The Morgan fingerprint density at radius 2 is 2.04 bits per heavy atom. The van der Waals surface area contributed by atoms with Crippen LogP contribution in [-0.4, -0.2) is 36.6 Å². The molecule has 0 aliphatic carbocycles. The maximum absolute atomic E-state index is 12.1. The van der Waals surface area contributed by atoms with Crippen LogP contribution in [0.25, 0.3) is 0 Å². The molecule has 3 rings (SSSR count). The molecule has 0 radical (unpaired) electrons. The summed E-state index contributed by atoms with van der Waals surface area (Å²) >= 11 is 6.38. The third-order valence-electron chi connectivity index (χ3n) is 4.60. The highest BCUT2D eigenvalue weighted by atomic mass is 35.5. The molecular formula is C21H24ClN3O3. The molecule has 1 aliphatic rings. The summed E-state index contributed by atoms with van der Waals surface area (Å²) in [6, 6.07) is 15.6. The van der Waals surface area contributed by atoms with Gasteiger partial charge in [0.1, 0.15) is 6.61 Å². The van der Waals surface area contributed by atoms with Crippen molar-refractivity contribution in [2.75, 3.05) is 30.3 Å². The summed E-state index contributed by atoms with van der Waals surface area (Å²) in [5.74, 6) is -0.109. The molecule has 7 heteroatoms. The number of hydrogen-bond donors (Lipinski definition) is 2. The number of benzene rings is 2. The van der Waals surface area contributed by atoms with Crippen molar-refractivity contribution in [2.45, 2.75) is 25.8 Å². The SMILES string of the molecule is CC(Nc1ccc(NC(=O)CCCN2CCOC2=O)cc1Cl)c1ccccc1. The molecule has 0 saturated carbocycles. The number of nitrogens with zero attached hydrogens (tertiary/aromatic N) is 1. The number of carbonyl (C=O) groups is 2. The van der Waals surface area contributed by atoms with Crippen molar-refractivity contribution in [3.63, 3.8) is 0 Å². The second-order valence-electron chi connectivity index (χ2n) is 6.72. The lowest BCUT2D eigenvalue weighted by Gasteiger charge is -2.17. The summed E-state index contributed by atoms with van der Waals surface area (Å²) in [5, 5.41) is 6.77. The quantitative estimate of drug-likeness (QED) is 0.673. The zero-order valence-electron chi connectivity index (χ0n) is 15.8. The van der Waals surface area contributed by atoms with Gasteiger partial charge in [-0.25, -0.2) is 4.79 Å². The predicted molar refractivity (Wildman–Crippen MR) is 111 cm³/mol. The van der Waals surface area contributed by atoms with Gasteiger partial charge in [0.25, 0.3) is 0 Å². The Morgan fingerprint density at radius 3 is 2.71 bits per heavy atom. The Labute approximate surface area is 169 Å². The summed E-state index contributed by atoms with van der Waals surface area (Å²) in [6.07, 6.45) is 0.606. The van der Waals surface area contributed by atoms with Crippen LogP contribution in [0.15, 0.2) is 48.5 Å². The Morgan fingerprint density at radius 1 is 1.25 bits per heavy atom. The van der Waals surface area contributed by atoms with E-state index >= 15 is 0 Å². The largest absolute Gasteiger partial charge is 0.448 e. The Hall–Kier alpha value is -2.73. The van der Waals surface area contributed by atoms with Gasteiger partial charge in [0.05, 0.1) is 17.3 Å². The third-order valence-corrected chi connectivity index (χ3v) is 4.91. The van der Waals surface area contributed by atoms with E-state index in [1.165, 1.54) is 0 Å². The lowest BCUT2D eigenvalue weighted by Crippen LogP contribution is -2.26. The highest BCUT2D eigenvalue weighted by molar-refractivity contribution is 6.33. The first kappa shape index (κ1) is 20.0. The normalized spacial score (nSPS) is 14.5. The highest BCUT2D eigenvalue weighted by Crippen LogP contribution is 2.29. The van der Waals surface area contributed by atoms with Gasteiger partial charge in [-0.05, 0) is 37.1 Å². The molecular weight excluding hydrogens is 378 g/mol. The number of nitrogens with one attached hydrogen (secondary N) is 2. The van der Waals surface area contributed by atoms with E-state index < -0.39 is 0 Å². The van der Waals surface area contributed by atoms with Crippen molar-refractivity contribution in [3.8, 4) is 0 Å². The maximum atomic E-state index is 12.1. The molecule has 6 nitrogen and oxygen atoms in total. The fraction of sp³-hybridized carbons (Fsp3) is 0.333. The standard InChI is InChI=1S/C21H24ClN3O3/c1-15(16-6-3-2-4-7-16)23-19-10-9-17(14-18(19)22)24-20(26)8-5-11-25-12-13-28-21(25)27/h2-4,6-7,9-10,14-15,23H,5,8,11-13H2,1H3,(H,24,26). The Kier molecular flexibility index (Phi) is 6.76. The van der Waals surface area contributed by atoms with Crippen LogP contribution in [0.3, 0.4) is 0 Å². The van der Waals surface area contributed by atoms with Crippen LogP contribution in [0.1, 0.15) is 31.4 Å². The van der Waals surface area contributed by atoms with Gasteiger partial charge in [0.2, 0.25) is 5.91 Å². The van der Waals surface area contributed by atoms with E-state index in [9.17, 15) is 9.59 Å². The minimum atomic E-state index is -0.306. The summed E-state index contributed by atoms with van der Waals surface area (Å²) in [5.41, 5.74) is 2.62. The molecule has 2 N–H and O–H groups in total. The number of hydrogen-bond acceptors (Lipinski definition) is 4. The highest BCUT2D eigenvalue weighted by Gasteiger charge is 2.21. The molecule has 28 heavy (non-hydrogen) atoms. The van der Waals surface area contributed by atoms with Crippen LogP contribution in [-0.2, 0) is 9.53 Å². The van der Waals surface area contributed by atoms with E-state index in [0.717, 1.165) is 11.3 Å². The average Bonchev–Trinajstić information content (AvgIpc) is 3.09. The van der Waals surface area contributed by atoms with E-state index in [0.29, 0.717) is 43.2 Å². The number of amides is 2. The van der Waals surface area contributed by atoms with Crippen molar-refractivity contribution in [2.24, 2.45) is 0 Å². The Bertz CT molecular complexity index is 829. The van der Waals surface area contributed by atoms with E-state index in [2.05, 4.69) is 29.7 Å². The minimum absolute atomic E-state index is 0.108. The first-order valence-corrected chi connectivity index (χ1v) is 9.73. The van der Waals surface area contributed by atoms with Gasteiger partial charge < -0.3 is 20.3 Å². The summed E-state index contributed by atoms with van der Waals surface area (Å²) in [7, 11) is 0.